The first-order valence-electron chi connectivity index (χ1n) is 24.4. The monoisotopic (exact) mass is 910 g/mol. The van der Waals surface area contributed by atoms with Gasteiger partial charge in [0.1, 0.15) is 22.3 Å². The summed E-state index contributed by atoms with van der Waals surface area (Å²) in [6.07, 6.45) is 3.04. The molecule has 0 saturated heterocycles. The Morgan fingerprint density at radius 2 is 0.986 bits per heavy atom. The van der Waals surface area contributed by atoms with Gasteiger partial charge in [-0.2, -0.15) is 0 Å². The van der Waals surface area contributed by atoms with E-state index in [0.29, 0.717) is 12.3 Å². The van der Waals surface area contributed by atoms with Gasteiger partial charge in [0.15, 0.2) is 5.84 Å². The van der Waals surface area contributed by atoms with Crippen LogP contribution in [0.3, 0.4) is 0 Å². The Morgan fingerprint density at radius 3 is 1.76 bits per heavy atom. The number of para-hydroxylation sites is 5. The number of hydrogen-bond donors (Lipinski definition) is 0. The third kappa shape index (κ3) is 6.14. The van der Waals surface area contributed by atoms with Crippen LogP contribution in [0.5, 0.6) is 0 Å². The van der Waals surface area contributed by atoms with Gasteiger partial charge in [-0.25, -0.2) is 9.98 Å². The van der Waals surface area contributed by atoms with Gasteiger partial charge < -0.3 is 18.0 Å². The van der Waals surface area contributed by atoms with Crippen LogP contribution in [-0.2, 0) is 0 Å². The third-order valence-corrected chi connectivity index (χ3v) is 14.8. The molecule has 1 aliphatic rings. The summed E-state index contributed by atoms with van der Waals surface area (Å²) in [4.78, 5) is 11.5. The van der Waals surface area contributed by atoms with Crippen LogP contribution in [0.1, 0.15) is 30.0 Å². The number of aliphatic imine (C=N–C) groups is 2. The Kier molecular flexibility index (Phi) is 8.60. The molecule has 0 spiro atoms. The maximum absolute atomic E-state index is 6.70. The van der Waals surface area contributed by atoms with E-state index >= 15 is 0 Å². The fourth-order valence-corrected chi connectivity index (χ4v) is 11.4. The molecular formula is C65H42N4O2. The number of nitrogens with zero attached hydrogens (tertiary/aromatic N) is 4. The highest BCUT2D eigenvalue weighted by molar-refractivity contribution is 6.20. The number of rotatable bonds is 5. The van der Waals surface area contributed by atoms with Crippen molar-refractivity contribution in [1.29, 1.82) is 0 Å². The summed E-state index contributed by atoms with van der Waals surface area (Å²) in [5.41, 5.74) is 14.8. The Hall–Kier alpha value is -9.26. The molecule has 6 heteroatoms. The highest BCUT2D eigenvalue weighted by Crippen LogP contribution is 2.42. The largest absolute Gasteiger partial charge is 0.456 e. The molecule has 0 N–H and O–H groups in total. The Labute approximate surface area is 407 Å². The summed E-state index contributed by atoms with van der Waals surface area (Å²) in [5, 5.41) is 11.4. The molecule has 1 aliphatic heterocycles. The van der Waals surface area contributed by atoms with Crippen LogP contribution in [0.2, 0.25) is 0 Å². The van der Waals surface area contributed by atoms with E-state index in [1.54, 1.807) is 0 Å². The summed E-state index contributed by atoms with van der Waals surface area (Å²) in [7, 11) is 0. The highest BCUT2D eigenvalue weighted by atomic mass is 16.3. The van der Waals surface area contributed by atoms with Gasteiger partial charge >= 0.3 is 0 Å². The lowest BCUT2D eigenvalue weighted by molar-refractivity contribution is 0.668. The molecule has 0 fully saturated rings. The van der Waals surface area contributed by atoms with Crippen molar-refractivity contribution >= 4 is 116 Å². The maximum atomic E-state index is 6.70. The summed E-state index contributed by atoms with van der Waals surface area (Å²) in [6, 6.07) is 75.6. The van der Waals surface area contributed by atoms with Crippen LogP contribution in [0, 0.1) is 5.92 Å². The maximum Gasteiger partial charge on any atom is 0.160 e. The van der Waals surface area contributed by atoms with Gasteiger partial charge in [-0.15, -0.1) is 0 Å². The van der Waals surface area contributed by atoms with Crippen LogP contribution < -0.4 is 0 Å². The fourth-order valence-electron chi connectivity index (χ4n) is 11.4. The van der Waals surface area contributed by atoms with Crippen molar-refractivity contribution in [3.8, 4) is 11.4 Å². The molecule has 6 nitrogen and oxygen atoms in total. The van der Waals surface area contributed by atoms with Gasteiger partial charge in [-0.3, -0.25) is 0 Å². The van der Waals surface area contributed by atoms with Gasteiger partial charge in [-0.05, 0) is 102 Å². The van der Waals surface area contributed by atoms with Crippen LogP contribution in [0.4, 0.5) is 0 Å². The van der Waals surface area contributed by atoms with E-state index in [4.69, 9.17) is 18.8 Å². The smallest absolute Gasteiger partial charge is 0.160 e. The lowest BCUT2D eigenvalue weighted by Gasteiger charge is -2.20. The van der Waals surface area contributed by atoms with E-state index in [-0.39, 0.29) is 5.92 Å². The molecule has 334 valence electrons. The molecule has 0 amide bonds. The van der Waals surface area contributed by atoms with Gasteiger partial charge in [0, 0.05) is 71.9 Å². The molecule has 5 heterocycles. The van der Waals surface area contributed by atoms with Crippen LogP contribution >= 0.6 is 0 Å². The highest BCUT2D eigenvalue weighted by Gasteiger charge is 2.25. The first-order valence-corrected chi connectivity index (χ1v) is 24.4. The zero-order valence-corrected chi connectivity index (χ0v) is 38.7. The van der Waals surface area contributed by atoms with Gasteiger partial charge in [0.2, 0.25) is 0 Å². The Bertz CT molecular complexity index is 4630. The summed E-state index contributed by atoms with van der Waals surface area (Å²) in [6.45, 7) is 2.30. The first-order chi connectivity index (χ1) is 35.1. The molecule has 0 saturated carbocycles. The van der Waals surface area contributed by atoms with E-state index in [2.05, 4.69) is 216 Å². The van der Waals surface area contributed by atoms with Crippen LogP contribution in [-0.4, -0.2) is 20.7 Å². The molecule has 14 aromatic rings. The molecule has 10 aromatic carbocycles. The van der Waals surface area contributed by atoms with Crippen LogP contribution in [0.15, 0.2) is 237 Å². The molecular weight excluding hydrogens is 869 g/mol. The molecule has 1 atom stereocenters. The second-order valence-electron chi connectivity index (χ2n) is 18.9. The fraction of sp³-hybridized carbons (Fsp3) is 0.0462. The van der Waals surface area contributed by atoms with Gasteiger partial charge in [0.05, 0.1) is 39.2 Å². The minimum atomic E-state index is 0.0162. The average Bonchev–Trinajstić information content (AvgIpc) is 4.16. The third-order valence-electron chi connectivity index (χ3n) is 14.8. The molecule has 0 aliphatic carbocycles. The SMILES string of the molecule is CC1C/C=C(\c2cc3c(cc2-n2c4ccccc4c4cc5ccccc5cc42)oc2ccccc23)N=C(c2ccc3oc4ccccc4c3c2)N=C1c1ccc2c3ccccc3n(-c3ccccc3)c2c1. The number of benzene rings is 10. The first kappa shape index (κ1) is 39.7. The Balaban J connectivity index is 1.00. The average molecular weight is 911 g/mol. The molecule has 0 radical (unpaired) electrons. The predicted molar refractivity (Wildman–Crippen MR) is 295 cm³/mol. The van der Waals surface area contributed by atoms with E-state index in [0.717, 1.165) is 99.9 Å². The summed E-state index contributed by atoms with van der Waals surface area (Å²) < 4.78 is 17.9. The van der Waals surface area contributed by atoms with Crippen molar-refractivity contribution in [2.75, 3.05) is 0 Å². The molecule has 71 heavy (non-hydrogen) atoms. The Morgan fingerprint density at radius 1 is 0.408 bits per heavy atom. The lowest BCUT2D eigenvalue weighted by Crippen LogP contribution is -2.17. The number of fused-ring (bicyclic) bond motifs is 13. The number of hydrogen-bond acceptors (Lipinski definition) is 4. The quantitative estimate of drug-likeness (QED) is 0.173. The number of aromatic nitrogens is 2. The van der Waals surface area contributed by atoms with Crippen molar-refractivity contribution < 1.29 is 8.83 Å². The van der Waals surface area contributed by atoms with Crippen molar-refractivity contribution in [3.63, 3.8) is 0 Å². The topological polar surface area (TPSA) is 60.9 Å². The van der Waals surface area contributed by atoms with Gasteiger partial charge in [-0.1, -0.05) is 140 Å². The molecule has 4 aromatic heterocycles. The molecule has 1 unspecified atom stereocenters. The number of furan rings is 2. The van der Waals surface area contributed by atoms with Crippen molar-refractivity contribution in [1.82, 2.24) is 9.13 Å². The van der Waals surface area contributed by atoms with Gasteiger partial charge in [0.25, 0.3) is 0 Å². The zero-order valence-electron chi connectivity index (χ0n) is 38.7. The number of amidine groups is 1. The second-order valence-corrected chi connectivity index (χ2v) is 18.9. The van der Waals surface area contributed by atoms with Crippen molar-refractivity contribution in [3.05, 3.63) is 235 Å². The van der Waals surface area contributed by atoms with Crippen molar-refractivity contribution in [2.24, 2.45) is 15.9 Å². The minimum absolute atomic E-state index is 0.0162. The minimum Gasteiger partial charge on any atom is -0.456 e. The summed E-state index contributed by atoms with van der Waals surface area (Å²) in [5.74, 6) is 0.646. The molecule has 0 bridgehead atoms. The van der Waals surface area contributed by atoms with E-state index in [9.17, 15) is 0 Å². The lowest BCUT2D eigenvalue weighted by atomic mass is 9.92. The standard InChI is InChI=1S/C65H42N4O2/c1-39-27-31-54(53-37-52-49-22-10-14-26-61(49)71-63(52)38-59(53)69-56-24-12-8-20-46(56)50-33-40-15-5-6-16-41(40)35-58(50)69)66-65(43-29-32-62-51(34-43)48-21-9-13-25-60(48)70-62)67-64(39)42-28-30-47-45-19-7-11-23-55(45)68(57(47)36-42)44-17-3-2-4-18-44/h2-26,28-39H,27H2,1H3/b54-31+,66-65?,67-64?. The van der Waals surface area contributed by atoms with Crippen molar-refractivity contribution in [2.45, 2.75) is 13.3 Å². The molecule has 15 rings (SSSR count). The number of allylic oxidation sites excluding steroid dienone is 1. The van der Waals surface area contributed by atoms with Crippen LogP contribution in [0.25, 0.3) is 115 Å². The zero-order chi connectivity index (χ0) is 46.7. The van der Waals surface area contributed by atoms with E-state index < -0.39 is 0 Å². The second kappa shape index (κ2) is 15.4. The predicted octanol–water partition coefficient (Wildman–Crippen LogP) is 17.1. The summed E-state index contributed by atoms with van der Waals surface area (Å²) >= 11 is 0. The van der Waals surface area contributed by atoms with E-state index in [1.807, 2.05) is 18.2 Å². The normalized spacial score (nSPS) is 15.3. The van der Waals surface area contributed by atoms with E-state index in [1.165, 1.54) is 37.8 Å².